The second-order valence-corrected chi connectivity index (χ2v) is 17.4. The maximum absolute atomic E-state index is 14.4. The highest BCUT2D eigenvalue weighted by molar-refractivity contribution is 7.98. The van der Waals surface area contributed by atoms with Gasteiger partial charge >= 0.3 is 5.97 Å². The third kappa shape index (κ3) is 18.2. The number of amides is 7. The van der Waals surface area contributed by atoms with Crippen LogP contribution in [-0.2, 0) is 57.6 Å². The molecule has 2 aromatic carbocycles. The maximum atomic E-state index is 14.4. The Hall–Kier alpha value is -6.48. The van der Waals surface area contributed by atoms with Crippen LogP contribution in [0.1, 0.15) is 70.2 Å². The summed E-state index contributed by atoms with van der Waals surface area (Å²) in [6, 6.07) is 7.03. The summed E-state index contributed by atoms with van der Waals surface area (Å²) in [6.07, 6.45) is 4.63. The molecule has 3 aromatic rings. The highest BCUT2D eigenvalue weighted by Crippen LogP contribution is 2.15. The molecule has 12 N–H and O–H groups in total. The van der Waals surface area contributed by atoms with Gasteiger partial charge in [-0.1, -0.05) is 63.2 Å². The van der Waals surface area contributed by atoms with Gasteiger partial charge < -0.3 is 58.1 Å². The van der Waals surface area contributed by atoms with E-state index in [4.69, 9.17) is 11.5 Å². The van der Waals surface area contributed by atoms with Gasteiger partial charge in [-0.05, 0) is 73.8 Å². The minimum absolute atomic E-state index is 0.0101. The van der Waals surface area contributed by atoms with Crippen molar-refractivity contribution in [1.82, 2.24) is 41.5 Å². The van der Waals surface area contributed by atoms with E-state index in [1.54, 1.807) is 56.3 Å². The number of nitrogens with zero attached hydrogens (tertiary/aromatic N) is 2. The Labute approximate surface area is 388 Å². The van der Waals surface area contributed by atoms with Crippen molar-refractivity contribution in [3.63, 3.8) is 0 Å². The number of thioether (sulfide) groups is 1. The maximum Gasteiger partial charge on any atom is 0.305 e. The first-order valence-corrected chi connectivity index (χ1v) is 23.1. The lowest BCUT2D eigenvalue weighted by molar-refractivity contribution is -0.143. The zero-order valence-corrected chi connectivity index (χ0v) is 38.8. The molecule has 360 valence electrons. The number of imidazole rings is 1. The van der Waals surface area contributed by atoms with Crippen LogP contribution in [0, 0.1) is 5.92 Å². The molecule has 0 aliphatic heterocycles. The molecule has 0 unspecified atom stereocenters. The molecule has 0 fully saturated rings. The highest BCUT2D eigenvalue weighted by atomic mass is 32.2. The third-order valence-electron chi connectivity index (χ3n) is 10.6. The molecule has 0 radical (unpaired) electrons. The van der Waals surface area contributed by atoms with Gasteiger partial charge in [-0.3, -0.25) is 38.4 Å². The van der Waals surface area contributed by atoms with Gasteiger partial charge in [-0.25, -0.2) is 4.98 Å². The Bertz CT molecular complexity index is 2070. The molecule has 0 aliphatic carbocycles. The van der Waals surface area contributed by atoms with Gasteiger partial charge in [0, 0.05) is 30.8 Å². The fourth-order valence-corrected chi connectivity index (χ4v) is 7.29. The number of nitrogens with one attached hydrogen (secondary N) is 6. The first-order valence-electron chi connectivity index (χ1n) is 21.7. The molecule has 0 aliphatic rings. The number of phenolic OH excluding ortho intramolecular Hbond substituents is 1. The van der Waals surface area contributed by atoms with Crippen LogP contribution in [0.2, 0.25) is 0 Å². The van der Waals surface area contributed by atoms with E-state index >= 15 is 0 Å². The van der Waals surface area contributed by atoms with Crippen molar-refractivity contribution in [2.24, 2.45) is 17.4 Å². The van der Waals surface area contributed by atoms with Crippen LogP contribution >= 0.6 is 11.8 Å². The van der Waals surface area contributed by atoms with Gasteiger partial charge in [0.1, 0.15) is 36.0 Å². The number of aromatic hydroxyl groups is 1. The van der Waals surface area contributed by atoms with E-state index < -0.39 is 103 Å². The molecular weight excluding hydrogens is 873 g/mol. The quantitative estimate of drug-likeness (QED) is 0.0469. The van der Waals surface area contributed by atoms with Crippen LogP contribution in [0.3, 0.4) is 0 Å². The molecule has 66 heavy (non-hydrogen) atoms. The SMILES string of the molecule is CC[C@@H](C)N(CC(=O)N[C@@H](CC(=O)O)C(N)=O)C(=O)[C@H](CC(C)C)NC(=O)[C@H](Cc1cnc[nH]1)NC(=O)[C@H](Cc1ccccc1)NC(=O)[C@@H](CCSC)NC(=O)[C@@H](N)Cc1ccc(O)cc1. The fourth-order valence-electron chi connectivity index (χ4n) is 6.82. The zero-order valence-electron chi connectivity index (χ0n) is 38.0. The zero-order chi connectivity index (χ0) is 48.9. The van der Waals surface area contributed by atoms with Gasteiger partial charge in [-0.15, -0.1) is 0 Å². The van der Waals surface area contributed by atoms with Gasteiger partial charge in [0.05, 0.1) is 25.3 Å². The number of benzene rings is 2. The van der Waals surface area contributed by atoms with E-state index in [9.17, 15) is 48.6 Å². The predicted molar refractivity (Wildman–Crippen MR) is 247 cm³/mol. The Morgan fingerprint density at radius 3 is 1.88 bits per heavy atom. The summed E-state index contributed by atoms with van der Waals surface area (Å²) < 4.78 is 0. The lowest BCUT2D eigenvalue weighted by atomic mass is 10.00. The lowest BCUT2D eigenvalue weighted by Gasteiger charge is -2.33. The standard InChI is InChI=1S/C45H64N10O10S/c1-6-27(4)55(24-38(57)50-34(40(47)60)22-39(58)59)45(65)37(18-26(2)3)54-44(64)36(21-30-23-48-25-49-30)53-43(63)35(20-28-10-8-7-9-11-28)52-42(62)33(16-17-66-5)51-41(61)32(46)19-29-12-14-31(56)15-13-29/h7-15,23,25-27,32-37,56H,6,16-22,24,46H2,1-5H3,(H2,47,60)(H,48,49)(H,50,57)(H,51,61)(H,52,62)(H,53,63)(H,54,64)(H,58,59)/t27-,32+,33-,34+,35+,36+,37+/m1/s1. The van der Waals surface area contributed by atoms with E-state index in [2.05, 4.69) is 36.6 Å². The van der Waals surface area contributed by atoms with E-state index in [1.165, 1.54) is 41.3 Å². The Kier molecular flexibility index (Phi) is 22.1. The van der Waals surface area contributed by atoms with E-state index in [0.717, 1.165) is 0 Å². The van der Waals surface area contributed by atoms with Crippen LogP contribution in [-0.4, -0.2) is 133 Å². The fraction of sp³-hybridized carbons (Fsp3) is 0.489. The molecule has 7 atom stereocenters. The first-order chi connectivity index (χ1) is 31.3. The van der Waals surface area contributed by atoms with Crippen LogP contribution < -0.4 is 38.1 Å². The number of phenols is 1. The molecule has 0 saturated heterocycles. The van der Waals surface area contributed by atoms with Gasteiger partial charge in [0.15, 0.2) is 0 Å². The van der Waals surface area contributed by atoms with Crippen LogP contribution in [0.5, 0.6) is 5.75 Å². The van der Waals surface area contributed by atoms with Crippen LogP contribution in [0.15, 0.2) is 67.1 Å². The number of rotatable bonds is 28. The predicted octanol–water partition coefficient (Wildman–Crippen LogP) is 0.281. The molecule has 1 aromatic heterocycles. The van der Waals surface area contributed by atoms with Crippen LogP contribution in [0.25, 0.3) is 0 Å². The van der Waals surface area contributed by atoms with E-state index in [1.807, 2.05) is 20.1 Å². The summed E-state index contributed by atoms with van der Waals surface area (Å²) in [6.45, 7) is 6.54. The molecular formula is C45H64N10O10S. The number of nitrogens with two attached hydrogens (primary N) is 2. The van der Waals surface area contributed by atoms with Crippen molar-refractivity contribution in [3.05, 3.63) is 83.9 Å². The van der Waals surface area contributed by atoms with Crippen molar-refractivity contribution >= 4 is 59.1 Å². The molecule has 21 heteroatoms. The number of carboxylic acid groups (broad SMARTS) is 1. The van der Waals surface area contributed by atoms with Gasteiger partial charge in [-0.2, -0.15) is 11.8 Å². The Balaban J connectivity index is 1.91. The second kappa shape index (κ2) is 27.1. The average molecular weight is 937 g/mol. The summed E-state index contributed by atoms with van der Waals surface area (Å²) in [5.74, 6) is -6.33. The minimum Gasteiger partial charge on any atom is -0.508 e. The normalized spacial score (nSPS) is 14.3. The number of carbonyl (C=O) groups is 8. The third-order valence-corrected chi connectivity index (χ3v) is 11.2. The summed E-state index contributed by atoms with van der Waals surface area (Å²) >= 11 is 1.45. The first kappa shape index (κ1) is 53.9. The topological polar surface area (TPSA) is 321 Å². The molecule has 0 saturated carbocycles. The van der Waals surface area contributed by atoms with Gasteiger partial charge in [0.2, 0.25) is 41.4 Å². The number of hydrogen-bond donors (Lipinski definition) is 10. The highest BCUT2D eigenvalue weighted by Gasteiger charge is 2.35. The van der Waals surface area contributed by atoms with Crippen LogP contribution in [0.4, 0.5) is 0 Å². The number of hydrogen-bond acceptors (Lipinski definition) is 12. The Morgan fingerprint density at radius 2 is 1.33 bits per heavy atom. The van der Waals surface area contributed by atoms with E-state index in [-0.39, 0.29) is 43.8 Å². The molecule has 3 rings (SSSR count). The average Bonchev–Trinajstić information content (AvgIpc) is 3.79. The van der Waals surface area contributed by atoms with Crippen molar-refractivity contribution in [2.75, 3.05) is 18.6 Å². The Morgan fingerprint density at radius 1 is 0.758 bits per heavy atom. The number of aromatic amines is 1. The second-order valence-electron chi connectivity index (χ2n) is 16.4. The van der Waals surface area contributed by atoms with Crippen molar-refractivity contribution in [2.45, 2.75) is 115 Å². The number of H-pyrrole nitrogens is 1. The molecule has 0 spiro atoms. The molecule has 20 nitrogen and oxygen atoms in total. The minimum atomic E-state index is -1.53. The number of carboxylic acids is 1. The summed E-state index contributed by atoms with van der Waals surface area (Å²) in [5, 5.41) is 32.2. The van der Waals surface area contributed by atoms with Crippen molar-refractivity contribution in [3.8, 4) is 5.75 Å². The van der Waals surface area contributed by atoms with Gasteiger partial charge in [0.25, 0.3) is 0 Å². The summed E-state index contributed by atoms with van der Waals surface area (Å²) in [5.41, 5.74) is 13.4. The number of carbonyl (C=O) groups excluding carboxylic acids is 7. The molecule has 1 heterocycles. The smallest absolute Gasteiger partial charge is 0.305 e. The lowest BCUT2D eigenvalue weighted by Crippen LogP contribution is -2.60. The summed E-state index contributed by atoms with van der Waals surface area (Å²) in [7, 11) is 0. The number of primary amides is 1. The van der Waals surface area contributed by atoms with Crippen molar-refractivity contribution in [1.29, 1.82) is 0 Å². The number of aromatic nitrogens is 2. The number of aliphatic carboxylic acids is 1. The summed E-state index contributed by atoms with van der Waals surface area (Å²) in [4.78, 5) is 115. The van der Waals surface area contributed by atoms with E-state index in [0.29, 0.717) is 29.0 Å². The molecule has 0 bridgehead atoms. The molecule has 7 amide bonds. The largest absolute Gasteiger partial charge is 0.508 e. The monoisotopic (exact) mass is 936 g/mol. The van der Waals surface area contributed by atoms with Crippen molar-refractivity contribution < 1.29 is 48.6 Å².